The molecular formula is C22H25ClN2O6S. The van der Waals surface area contributed by atoms with Crippen LogP contribution in [0.3, 0.4) is 0 Å². The van der Waals surface area contributed by atoms with E-state index >= 15 is 0 Å². The van der Waals surface area contributed by atoms with Crippen LogP contribution in [-0.4, -0.2) is 54.5 Å². The number of ether oxygens (including phenoxy) is 1. The van der Waals surface area contributed by atoms with Crippen LogP contribution in [0, 0.1) is 13.8 Å². The number of amides is 1. The van der Waals surface area contributed by atoms with E-state index in [0.717, 1.165) is 15.4 Å². The van der Waals surface area contributed by atoms with E-state index in [0.29, 0.717) is 10.7 Å². The van der Waals surface area contributed by atoms with E-state index in [1.807, 2.05) is 6.92 Å². The zero-order valence-corrected chi connectivity index (χ0v) is 19.5. The number of sulfonamides is 1. The highest BCUT2D eigenvalue weighted by Gasteiger charge is 2.45. The average Bonchev–Trinajstić information content (AvgIpc) is 3.12. The van der Waals surface area contributed by atoms with Gasteiger partial charge in [-0.05, 0) is 62.2 Å². The van der Waals surface area contributed by atoms with Gasteiger partial charge in [-0.2, -0.15) is 4.31 Å². The molecule has 32 heavy (non-hydrogen) atoms. The van der Waals surface area contributed by atoms with Crippen molar-refractivity contribution in [3.8, 4) is 0 Å². The van der Waals surface area contributed by atoms with E-state index in [1.165, 1.54) is 19.1 Å². The smallest absolute Gasteiger partial charge is 0.325 e. The van der Waals surface area contributed by atoms with Gasteiger partial charge in [-0.25, -0.2) is 8.42 Å². The molecule has 2 N–H and O–H groups in total. The summed E-state index contributed by atoms with van der Waals surface area (Å²) in [5.74, 6) is -1.49. The molecule has 3 atom stereocenters. The number of nitrogens with zero attached hydrogens (tertiary/aromatic N) is 1. The second kappa shape index (κ2) is 9.58. The van der Waals surface area contributed by atoms with Gasteiger partial charge in [0.1, 0.15) is 6.04 Å². The Bertz CT molecular complexity index is 1140. The highest BCUT2D eigenvalue weighted by atomic mass is 35.5. The number of esters is 1. The molecule has 0 aromatic heterocycles. The number of aryl methyl sites for hydroxylation is 2. The van der Waals surface area contributed by atoms with Crippen molar-refractivity contribution in [1.29, 1.82) is 0 Å². The maximum Gasteiger partial charge on any atom is 0.325 e. The summed E-state index contributed by atoms with van der Waals surface area (Å²) >= 11 is 5.90. The molecule has 3 rings (SSSR count). The molecule has 10 heteroatoms. The Kier molecular flexibility index (Phi) is 7.24. The summed E-state index contributed by atoms with van der Waals surface area (Å²) in [6.45, 7) is 4.80. The molecule has 1 amide bonds. The lowest BCUT2D eigenvalue weighted by atomic mass is 10.1. The van der Waals surface area contributed by atoms with Gasteiger partial charge in [-0.3, -0.25) is 9.59 Å². The van der Waals surface area contributed by atoms with Crippen molar-refractivity contribution in [2.75, 3.05) is 11.9 Å². The maximum absolute atomic E-state index is 13.2. The Morgan fingerprint density at radius 3 is 2.56 bits per heavy atom. The number of aliphatic hydroxyl groups excluding tert-OH is 1. The number of hydrogen-bond donors (Lipinski definition) is 2. The fourth-order valence-electron chi connectivity index (χ4n) is 3.39. The lowest BCUT2D eigenvalue weighted by Gasteiger charge is -2.24. The fourth-order valence-corrected chi connectivity index (χ4v) is 5.29. The molecule has 0 bridgehead atoms. The van der Waals surface area contributed by atoms with Crippen molar-refractivity contribution in [2.24, 2.45) is 0 Å². The van der Waals surface area contributed by atoms with Crippen LogP contribution in [0.4, 0.5) is 5.69 Å². The van der Waals surface area contributed by atoms with Crippen molar-refractivity contribution in [3.05, 3.63) is 58.6 Å². The predicted molar refractivity (Wildman–Crippen MR) is 120 cm³/mol. The van der Waals surface area contributed by atoms with Crippen molar-refractivity contribution >= 4 is 39.2 Å². The molecule has 0 radical (unpaired) electrons. The average molecular weight is 481 g/mol. The van der Waals surface area contributed by atoms with Gasteiger partial charge < -0.3 is 15.2 Å². The summed E-state index contributed by atoms with van der Waals surface area (Å²) in [4.78, 5) is 25.2. The number of benzene rings is 2. The molecule has 2 aromatic carbocycles. The number of rotatable bonds is 6. The minimum absolute atomic E-state index is 0.0271. The van der Waals surface area contributed by atoms with Crippen LogP contribution >= 0.6 is 11.6 Å². The van der Waals surface area contributed by atoms with E-state index < -0.39 is 40.1 Å². The molecule has 2 unspecified atom stereocenters. The molecule has 1 aliphatic heterocycles. The van der Waals surface area contributed by atoms with Gasteiger partial charge in [0.15, 0.2) is 6.10 Å². The van der Waals surface area contributed by atoms with Gasteiger partial charge in [0.2, 0.25) is 10.0 Å². The Morgan fingerprint density at radius 2 is 1.91 bits per heavy atom. The Morgan fingerprint density at radius 1 is 1.19 bits per heavy atom. The number of nitrogens with one attached hydrogen (secondary N) is 1. The number of carbonyl (C=O) groups excluding carboxylic acids is 2. The zero-order chi connectivity index (χ0) is 23.6. The summed E-state index contributed by atoms with van der Waals surface area (Å²) in [7, 11) is -4.06. The summed E-state index contributed by atoms with van der Waals surface area (Å²) in [6, 6.07) is 9.91. The summed E-state index contributed by atoms with van der Waals surface area (Å²) in [5, 5.41) is 13.1. The monoisotopic (exact) mass is 480 g/mol. The third-order valence-corrected chi connectivity index (χ3v) is 7.45. The summed E-state index contributed by atoms with van der Waals surface area (Å²) < 4.78 is 32.5. The van der Waals surface area contributed by atoms with Crippen molar-refractivity contribution in [2.45, 2.75) is 50.3 Å². The Balaban J connectivity index is 1.74. The molecule has 1 heterocycles. The maximum atomic E-state index is 13.2. The van der Waals surface area contributed by atoms with Crippen molar-refractivity contribution in [1.82, 2.24) is 4.31 Å². The van der Waals surface area contributed by atoms with E-state index in [4.69, 9.17) is 16.3 Å². The number of halogens is 1. The molecule has 1 fully saturated rings. The standard InChI is InChI=1S/C22H25ClN2O6S/c1-13-7-8-19(9-14(13)2)32(29,30)25-12-18(26)11-20(25)22(28)31-15(3)21(27)24-17-6-4-5-16(23)10-17/h4-10,15,18,20,26H,11-12H2,1-3H3,(H,24,27)/t15?,18?,20-/m0/s1. The number of anilines is 1. The van der Waals surface area contributed by atoms with Crippen LogP contribution in [0.25, 0.3) is 0 Å². The van der Waals surface area contributed by atoms with E-state index in [-0.39, 0.29) is 17.9 Å². The molecule has 1 saturated heterocycles. The highest BCUT2D eigenvalue weighted by molar-refractivity contribution is 7.89. The van der Waals surface area contributed by atoms with Crippen molar-refractivity contribution in [3.63, 3.8) is 0 Å². The number of hydrogen-bond acceptors (Lipinski definition) is 6. The minimum Gasteiger partial charge on any atom is -0.451 e. The SMILES string of the molecule is Cc1ccc(S(=O)(=O)N2CC(O)C[C@H]2C(=O)OC(C)C(=O)Nc2cccc(Cl)c2)cc1C. The first kappa shape index (κ1) is 24.2. The molecule has 1 aliphatic rings. The highest BCUT2D eigenvalue weighted by Crippen LogP contribution is 2.28. The predicted octanol–water partition coefficient (Wildman–Crippen LogP) is 2.65. The third kappa shape index (κ3) is 5.29. The van der Waals surface area contributed by atoms with E-state index in [2.05, 4.69) is 5.32 Å². The molecule has 2 aromatic rings. The van der Waals surface area contributed by atoms with Crippen molar-refractivity contribution < 1.29 is 27.9 Å². The van der Waals surface area contributed by atoms with Crippen LogP contribution in [-0.2, 0) is 24.3 Å². The molecular weight excluding hydrogens is 456 g/mol. The van der Waals surface area contributed by atoms with Crippen LogP contribution in [0.2, 0.25) is 5.02 Å². The first-order chi connectivity index (χ1) is 15.0. The van der Waals surface area contributed by atoms with E-state index in [9.17, 15) is 23.1 Å². The zero-order valence-electron chi connectivity index (χ0n) is 17.9. The van der Waals surface area contributed by atoms with Crippen LogP contribution in [0.15, 0.2) is 47.4 Å². The van der Waals surface area contributed by atoms with Gasteiger partial charge in [0, 0.05) is 23.7 Å². The minimum atomic E-state index is -4.06. The molecule has 0 spiro atoms. The van der Waals surface area contributed by atoms with Crippen LogP contribution < -0.4 is 5.32 Å². The second-order valence-electron chi connectivity index (χ2n) is 7.80. The van der Waals surface area contributed by atoms with Gasteiger partial charge in [-0.15, -0.1) is 0 Å². The Labute approximate surface area is 192 Å². The van der Waals surface area contributed by atoms with Gasteiger partial charge in [0.25, 0.3) is 5.91 Å². The summed E-state index contributed by atoms with van der Waals surface area (Å²) in [6.07, 6.45) is -2.33. The molecule has 8 nitrogen and oxygen atoms in total. The quantitative estimate of drug-likeness (QED) is 0.614. The van der Waals surface area contributed by atoms with E-state index in [1.54, 1.807) is 37.3 Å². The fraction of sp³-hybridized carbons (Fsp3) is 0.364. The van der Waals surface area contributed by atoms with Crippen LogP contribution in [0.1, 0.15) is 24.5 Å². The molecule has 0 aliphatic carbocycles. The van der Waals surface area contributed by atoms with Gasteiger partial charge in [0.05, 0.1) is 11.0 Å². The lowest BCUT2D eigenvalue weighted by Crippen LogP contribution is -2.43. The number of β-amino-alcohol motifs (C(OH)–C–C–N with tert-alkyl or cyclic N) is 1. The number of aliphatic hydroxyl groups is 1. The first-order valence-electron chi connectivity index (χ1n) is 10.0. The normalized spacial score (nSPS) is 20.0. The molecule has 0 saturated carbocycles. The second-order valence-corrected chi connectivity index (χ2v) is 10.1. The molecule has 172 valence electrons. The summed E-state index contributed by atoms with van der Waals surface area (Å²) in [5.41, 5.74) is 2.15. The Hall–Kier alpha value is -2.46. The lowest BCUT2D eigenvalue weighted by molar-refractivity contribution is -0.156. The number of carbonyl (C=O) groups is 2. The topological polar surface area (TPSA) is 113 Å². The third-order valence-electron chi connectivity index (χ3n) is 5.35. The largest absolute Gasteiger partial charge is 0.451 e. The van der Waals surface area contributed by atoms with Gasteiger partial charge in [-0.1, -0.05) is 23.7 Å². The van der Waals surface area contributed by atoms with Gasteiger partial charge >= 0.3 is 5.97 Å². The van der Waals surface area contributed by atoms with Crippen LogP contribution in [0.5, 0.6) is 0 Å². The first-order valence-corrected chi connectivity index (χ1v) is 11.8.